The van der Waals surface area contributed by atoms with E-state index in [1.165, 1.54) is 16.6 Å². The van der Waals surface area contributed by atoms with E-state index >= 15 is 0 Å². The molecule has 5 nitrogen and oxygen atoms in total. The van der Waals surface area contributed by atoms with Gasteiger partial charge in [0.25, 0.3) is 0 Å². The molecule has 4 aromatic rings. The van der Waals surface area contributed by atoms with E-state index in [0.29, 0.717) is 0 Å². The van der Waals surface area contributed by atoms with Crippen LogP contribution >= 0.6 is 0 Å². The third kappa shape index (κ3) is 3.15. The Morgan fingerprint density at radius 1 is 1.10 bits per heavy atom. The van der Waals surface area contributed by atoms with Crippen molar-refractivity contribution in [3.05, 3.63) is 72.6 Å². The summed E-state index contributed by atoms with van der Waals surface area (Å²) in [6, 6.07) is 18.9. The zero-order valence-corrected chi connectivity index (χ0v) is 17.7. The molecule has 0 N–H and O–H groups in total. The van der Waals surface area contributed by atoms with Crippen LogP contribution in [0.5, 0.6) is 0 Å². The molecule has 0 spiro atoms. The zero-order chi connectivity index (χ0) is 20.9. The van der Waals surface area contributed by atoms with Gasteiger partial charge in [0.2, 0.25) is 5.91 Å². The quantitative estimate of drug-likeness (QED) is 0.492. The maximum Gasteiger partial charge on any atom is 0.227 e. The van der Waals surface area contributed by atoms with Crippen molar-refractivity contribution in [1.82, 2.24) is 14.5 Å². The number of carbonyl (C=O) groups is 1. The van der Waals surface area contributed by atoms with Crippen molar-refractivity contribution < 1.29 is 4.79 Å². The highest BCUT2D eigenvalue weighted by molar-refractivity contribution is 5.93. The van der Waals surface area contributed by atoms with Gasteiger partial charge >= 0.3 is 0 Å². The first-order valence-corrected chi connectivity index (χ1v) is 10.4. The molecular formula is C25H26N4O. The molecule has 0 unspecified atom stereocenters. The Kier molecular flexibility index (Phi) is 4.36. The van der Waals surface area contributed by atoms with Crippen LogP contribution in [0.1, 0.15) is 31.1 Å². The number of nitrogens with zero attached hydrogens (tertiary/aromatic N) is 4. The molecule has 1 saturated heterocycles. The molecule has 5 heteroatoms. The first-order chi connectivity index (χ1) is 14.4. The molecule has 3 heterocycles. The fraction of sp³-hybridized carbons (Fsp3) is 0.280. The zero-order valence-electron chi connectivity index (χ0n) is 17.7. The van der Waals surface area contributed by atoms with Crippen molar-refractivity contribution >= 4 is 33.4 Å². The summed E-state index contributed by atoms with van der Waals surface area (Å²) in [5.74, 6) is 0.0378. The van der Waals surface area contributed by atoms with Gasteiger partial charge in [-0.3, -0.25) is 19.2 Å². The number of rotatable bonds is 3. The second kappa shape index (κ2) is 6.96. The summed E-state index contributed by atoms with van der Waals surface area (Å²) < 4.78 is 1.70. The molecule has 2 aromatic carbocycles. The molecule has 0 atom stereocenters. The smallest absolute Gasteiger partial charge is 0.227 e. The van der Waals surface area contributed by atoms with Crippen LogP contribution in [0.2, 0.25) is 0 Å². The number of anilines is 1. The van der Waals surface area contributed by atoms with Gasteiger partial charge in [-0.05, 0) is 55.8 Å². The van der Waals surface area contributed by atoms with Gasteiger partial charge in [-0.1, -0.05) is 18.2 Å². The summed E-state index contributed by atoms with van der Waals surface area (Å²) in [5.41, 5.74) is 4.56. The minimum absolute atomic E-state index is 0.0378. The average molecular weight is 399 g/mol. The molecule has 1 fully saturated rings. The first kappa shape index (κ1) is 18.8. The van der Waals surface area contributed by atoms with Crippen LogP contribution in [-0.2, 0) is 6.54 Å². The topological polar surface area (TPSA) is 41.4 Å². The first-order valence-electron chi connectivity index (χ1n) is 10.4. The highest BCUT2D eigenvalue weighted by atomic mass is 16.1. The highest BCUT2D eigenvalue weighted by Crippen LogP contribution is 2.33. The minimum atomic E-state index is 0.0378. The highest BCUT2D eigenvalue weighted by Gasteiger charge is 2.37. The van der Waals surface area contributed by atoms with E-state index in [1.54, 1.807) is 11.5 Å². The van der Waals surface area contributed by atoms with Crippen LogP contribution in [-0.4, -0.2) is 39.1 Å². The lowest BCUT2D eigenvalue weighted by Crippen LogP contribution is -2.39. The van der Waals surface area contributed by atoms with Gasteiger partial charge in [-0.2, -0.15) is 0 Å². The third-order valence-corrected chi connectivity index (χ3v) is 6.25. The number of aromatic nitrogens is 2. The second-order valence-corrected chi connectivity index (χ2v) is 8.78. The normalized spacial score (nSPS) is 16.6. The Balaban J connectivity index is 1.43. The lowest BCUT2D eigenvalue weighted by Gasteiger charge is -2.29. The largest absolute Gasteiger partial charge is 0.357 e. The van der Waals surface area contributed by atoms with Gasteiger partial charge in [-0.25, -0.2) is 0 Å². The van der Waals surface area contributed by atoms with Crippen LogP contribution in [0.3, 0.4) is 0 Å². The van der Waals surface area contributed by atoms with E-state index in [4.69, 9.17) is 0 Å². The number of hydrogen-bond acceptors (Lipinski definition) is 4. The minimum Gasteiger partial charge on any atom is -0.357 e. The number of fused-ring (bicyclic) bond motifs is 2. The monoisotopic (exact) mass is 398 g/mol. The van der Waals surface area contributed by atoms with E-state index in [9.17, 15) is 4.79 Å². The maximum atomic E-state index is 11.8. The molecule has 1 aliphatic heterocycles. The Morgan fingerprint density at radius 2 is 1.93 bits per heavy atom. The predicted octanol–water partition coefficient (Wildman–Crippen LogP) is 4.91. The fourth-order valence-electron chi connectivity index (χ4n) is 4.55. The summed E-state index contributed by atoms with van der Waals surface area (Å²) in [6.45, 7) is 8.91. The molecule has 1 aliphatic rings. The number of para-hydroxylation sites is 1. The molecular weight excluding hydrogens is 372 g/mol. The van der Waals surface area contributed by atoms with Crippen LogP contribution < -0.4 is 4.90 Å². The maximum absolute atomic E-state index is 11.8. The van der Waals surface area contributed by atoms with Gasteiger partial charge in [0.05, 0.1) is 17.7 Å². The molecule has 0 bridgehead atoms. The van der Waals surface area contributed by atoms with Gasteiger partial charge in [-0.15, -0.1) is 0 Å². The number of benzene rings is 2. The molecule has 0 saturated carbocycles. The number of carbonyl (C=O) groups excluding carboxylic acids is 1. The number of pyridine rings is 1. The van der Waals surface area contributed by atoms with Crippen LogP contribution in [0.25, 0.3) is 21.8 Å². The lowest BCUT2D eigenvalue weighted by molar-refractivity contribution is 0.0941. The van der Waals surface area contributed by atoms with E-state index in [-0.39, 0.29) is 11.4 Å². The summed E-state index contributed by atoms with van der Waals surface area (Å²) >= 11 is 0. The van der Waals surface area contributed by atoms with Crippen LogP contribution in [0.4, 0.5) is 5.69 Å². The summed E-state index contributed by atoms with van der Waals surface area (Å²) in [5, 5.41) is 2.32. The molecule has 30 heavy (non-hydrogen) atoms. The van der Waals surface area contributed by atoms with Gasteiger partial charge in [0.1, 0.15) is 0 Å². The molecule has 2 aromatic heterocycles. The van der Waals surface area contributed by atoms with E-state index < -0.39 is 0 Å². The molecule has 0 radical (unpaired) electrons. The lowest BCUT2D eigenvalue weighted by atomic mass is 10.0. The van der Waals surface area contributed by atoms with Gasteiger partial charge in [0.15, 0.2) is 0 Å². The Labute approximate surface area is 176 Å². The molecule has 5 rings (SSSR count). The van der Waals surface area contributed by atoms with Crippen LogP contribution in [0, 0.1) is 0 Å². The Bertz CT molecular complexity index is 1250. The fourth-order valence-corrected chi connectivity index (χ4v) is 4.55. The van der Waals surface area contributed by atoms with Crippen molar-refractivity contribution in [2.45, 2.75) is 32.9 Å². The van der Waals surface area contributed by atoms with Crippen molar-refractivity contribution in [2.75, 3.05) is 18.1 Å². The van der Waals surface area contributed by atoms with Crippen molar-refractivity contribution in [1.29, 1.82) is 0 Å². The van der Waals surface area contributed by atoms with Crippen molar-refractivity contribution in [3.63, 3.8) is 0 Å². The summed E-state index contributed by atoms with van der Waals surface area (Å²) in [4.78, 5) is 21.3. The SMILES string of the molecule is CC(=O)n1ccc2cc(N3CN(Cc4ccnc5ccccc45)C(C)(C)C3)ccc21. The summed E-state index contributed by atoms with van der Waals surface area (Å²) in [6.07, 6.45) is 3.76. The number of hydrogen-bond donors (Lipinski definition) is 0. The van der Waals surface area contributed by atoms with Crippen molar-refractivity contribution in [2.24, 2.45) is 0 Å². The van der Waals surface area contributed by atoms with Gasteiger partial charge < -0.3 is 4.90 Å². The van der Waals surface area contributed by atoms with E-state index in [2.05, 4.69) is 71.1 Å². The Hall–Kier alpha value is -3.18. The molecule has 0 amide bonds. The van der Waals surface area contributed by atoms with Crippen LogP contribution in [0.15, 0.2) is 67.0 Å². The average Bonchev–Trinajstić information content (AvgIpc) is 3.28. The molecule has 152 valence electrons. The van der Waals surface area contributed by atoms with E-state index in [0.717, 1.165) is 36.2 Å². The van der Waals surface area contributed by atoms with Crippen molar-refractivity contribution in [3.8, 4) is 0 Å². The predicted molar refractivity (Wildman–Crippen MR) is 122 cm³/mol. The third-order valence-electron chi connectivity index (χ3n) is 6.25. The second-order valence-electron chi connectivity index (χ2n) is 8.78. The standard InChI is InChI=1S/C25H26N4O/c1-18(30)29-13-11-19-14-21(8-9-24(19)29)27-16-25(2,3)28(17-27)15-20-10-12-26-23-7-5-4-6-22(20)23/h4-14H,15-17H2,1-3H3. The van der Waals surface area contributed by atoms with Gasteiger partial charge in [0, 0.05) is 54.4 Å². The van der Waals surface area contributed by atoms with E-state index in [1.807, 2.05) is 24.5 Å². The molecule has 0 aliphatic carbocycles. The Morgan fingerprint density at radius 3 is 2.77 bits per heavy atom. The summed E-state index contributed by atoms with van der Waals surface area (Å²) in [7, 11) is 0.